The second kappa shape index (κ2) is 49.3. The topological polar surface area (TPSA) is 374 Å². The van der Waals surface area contributed by atoms with Crippen LogP contribution in [0.2, 0.25) is 0 Å². The molecular formula is C45H48Fe2N6O15. The van der Waals surface area contributed by atoms with E-state index in [1.807, 2.05) is 0 Å². The molecule has 0 saturated heterocycles. The molecular weight excluding hydrogens is 976 g/mol. The van der Waals surface area contributed by atoms with Gasteiger partial charge in [0.05, 0.1) is 0 Å². The van der Waals surface area contributed by atoms with Crippen molar-refractivity contribution in [1.29, 1.82) is 0 Å². The predicted octanol–water partition coefficient (Wildman–Crippen LogP) is 4.31. The van der Waals surface area contributed by atoms with Crippen LogP contribution in [0.5, 0.6) is 0 Å². The van der Waals surface area contributed by atoms with Crippen molar-refractivity contribution in [2.75, 3.05) is 21.3 Å². The van der Waals surface area contributed by atoms with Gasteiger partial charge in [0, 0.05) is 54.7 Å². The Morgan fingerprint density at radius 1 is 0.250 bits per heavy atom. The van der Waals surface area contributed by atoms with Crippen LogP contribution in [0.4, 0.5) is 0 Å². The van der Waals surface area contributed by atoms with Gasteiger partial charge in [-0.15, -0.1) is 0 Å². The fourth-order valence-electron chi connectivity index (χ4n) is 3.89. The summed E-state index contributed by atoms with van der Waals surface area (Å²) in [5.41, 5.74) is 10.1. The molecule has 0 atom stereocenters. The van der Waals surface area contributed by atoms with Gasteiger partial charge in [-0.25, -0.2) is 0 Å². The van der Waals surface area contributed by atoms with Crippen molar-refractivity contribution in [1.82, 2.24) is 32.9 Å². The maximum atomic E-state index is 10.6. The van der Waals surface area contributed by atoms with Crippen LogP contribution in [-0.2, 0) is 34.1 Å². The van der Waals surface area contributed by atoms with Gasteiger partial charge < -0.3 is 79.4 Å². The van der Waals surface area contributed by atoms with Crippen molar-refractivity contribution in [2.24, 2.45) is 0 Å². The molecule has 21 nitrogen and oxygen atoms in total. The van der Waals surface area contributed by atoms with E-state index in [0.29, 0.717) is 33.4 Å². The molecule has 364 valence electrons. The summed E-state index contributed by atoms with van der Waals surface area (Å²) in [6, 6.07) is 50.0. The first-order valence-electron chi connectivity index (χ1n) is 18.3. The summed E-state index contributed by atoms with van der Waals surface area (Å²) >= 11 is 0. The molecule has 0 unspecified atom stereocenters. The average Bonchev–Trinajstić information content (AvgIpc) is 3.43. The molecule has 9 N–H and O–H groups in total. The summed E-state index contributed by atoms with van der Waals surface area (Å²) in [6.45, 7) is 0. The average molecular weight is 1020 g/mol. The molecule has 6 amide bonds. The molecule has 0 fully saturated rings. The van der Waals surface area contributed by atoms with Crippen LogP contribution in [0.1, 0.15) is 62.1 Å². The minimum Gasteiger partial charge on any atom is -0.759 e. The van der Waals surface area contributed by atoms with Crippen molar-refractivity contribution >= 4 is 35.4 Å². The van der Waals surface area contributed by atoms with Crippen LogP contribution in [0, 0.1) is 31.2 Å². The molecule has 0 aliphatic carbocycles. The number of nitrogens with one attached hydrogen (secondary N) is 6. The molecule has 6 aromatic carbocycles. The van der Waals surface area contributed by atoms with Gasteiger partial charge in [0.1, 0.15) is 0 Å². The van der Waals surface area contributed by atoms with Gasteiger partial charge in [-0.05, 0) is 72.8 Å². The van der Waals surface area contributed by atoms with E-state index >= 15 is 0 Å². The van der Waals surface area contributed by atoms with Crippen LogP contribution < -0.4 is 32.9 Å². The molecule has 0 heterocycles. The van der Waals surface area contributed by atoms with Crippen molar-refractivity contribution in [3.05, 3.63) is 247 Å². The van der Waals surface area contributed by atoms with Crippen LogP contribution in [0.25, 0.3) is 0 Å². The molecule has 0 saturated carbocycles. The van der Waals surface area contributed by atoms with E-state index in [0.717, 1.165) is 21.3 Å². The van der Waals surface area contributed by atoms with E-state index in [2.05, 4.69) is 0 Å². The van der Waals surface area contributed by atoms with Crippen LogP contribution in [-0.4, -0.2) is 72.1 Å². The molecule has 68 heavy (non-hydrogen) atoms. The van der Waals surface area contributed by atoms with Gasteiger partial charge in [0.25, 0.3) is 0 Å². The monoisotopic (exact) mass is 1020 g/mol. The van der Waals surface area contributed by atoms with Gasteiger partial charge in [0.15, 0.2) is 0 Å². The Balaban J connectivity index is -0.000000227. The minimum atomic E-state index is -0.597. The zero-order valence-corrected chi connectivity index (χ0v) is 38.5. The first kappa shape index (κ1) is 69.8. The number of amides is 6. The first-order chi connectivity index (χ1) is 32.1. The number of aliphatic hydroxyl groups excluding tert-OH is 3. The second-order valence-electron chi connectivity index (χ2n) is 10.8. The van der Waals surface area contributed by atoms with Crippen LogP contribution in [0.3, 0.4) is 0 Å². The first-order valence-corrected chi connectivity index (χ1v) is 18.3. The predicted molar refractivity (Wildman–Crippen MR) is 248 cm³/mol. The van der Waals surface area contributed by atoms with Crippen LogP contribution in [0.15, 0.2) is 182 Å². The van der Waals surface area contributed by atoms with Crippen molar-refractivity contribution in [3.63, 3.8) is 0 Å². The Labute approximate surface area is 412 Å². The van der Waals surface area contributed by atoms with Gasteiger partial charge in [-0.3, -0.25) is 28.8 Å². The third kappa shape index (κ3) is 33.3. The summed E-state index contributed by atoms with van der Waals surface area (Å²) in [5.74, 6) is -3.58. The quantitative estimate of drug-likeness (QED) is 0.0829. The van der Waals surface area contributed by atoms with E-state index in [1.165, 1.54) is 32.9 Å². The third-order valence-electron chi connectivity index (χ3n) is 6.77. The third-order valence-corrected chi connectivity index (χ3v) is 6.77. The standard InChI is InChI=1S/6C7H6NO2.3CH4O.2Fe/c6*9-7(8-10)6-4-2-1-3-5-6;3*1-2;;/h6*1-5H,(H-,8,9,10);3*2H,1H3;;/q6*-1;;;;2*+3. The summed E-state index contributed by atoms with van der Waals surface area (Å²) in [6.07, 6.45) is 0. The SMILES string of the molecule is CO.CO.CO.O=C(N[O-])c1ccccc1.O=C(N[O-])c1ccccc1.O=C(N[O-])c1ccccc1.O=C(N[O-])c1ccccc1.O=C(N[O-])c1ccccc1.O=C(N[O-])c1ccccc1.[Fe+3].[Fe+3]. The van der Waals surface area contributed by atoms with Crippen molar-refractivity contribution in [3.8, 4) is 0 Å². The smallest absolute Gasteiger partial charge is 0.759 e. The number of rotatable bonds is 6. The zero-order chi connectivity index (χ0) is 50.4. The van der Waals surface area contributed by atoms with E-state index in [9.17, 15) is 60.0 Å². The number of hydrogen-bond donors (Lipinski definition) is 9. The van der Waals surface area contributed by atoms with E-state index in [1.54, 1.807) is 182 Å². The zero-order valence-electron chi connectivity index (χ0n) is 36.3. The number of carbonyl (C=O) groups is 6. The Kier molecular flexibility index (Phi) is 50.6. The molecule has 0 aliphatic rings. The summed E-state index contributed by atoms with van der Waals surface area (Å²) in [4.78, 5) is 63.5. The number of aliphatic hydroxyl groups is 3. The second-order valence-corrected chi connectivity index (χ2v) is 10.8. The Hall–Kier alpha value is -7.18. The Morgan fingerprint density at radius 3 is 0.412 bits per heavy atom. The number of benzene rings is 6. The molecule has 6 rings (SSSR count). The molecule has 23 heteroatoms. The fourth-order valence-corrected chi connectivity index (χ4v) is 3.89. The molecule has 0 bridgehead atoms. The van der Waals surface area contributed by atoms with E-state index < -0.39 is 35.4 Å². The number of hydrogen-bond acceptors (Lipinski definition) is 15. The summed E-state index contributed by atoms with van der Waals surface area (Å²) < 4.78 is 0. The van der Waals surface area contributed by atoms with Gasteiger partial charge in [-0.2, -0.15) is 0 Å². The largest absolute Gasteiger partial charge is 3.00 e. The van der Waals surface area contributed by atoms with Crippen molar-refractivity contribution < 1.29 is 78.2 Å². The summed E-state index contributed by atoms with van der Waals surface area (Å²) in [5, 5.41) is 80.0. The normalized spacial score (nSPS) is 8.12. The maximum Gasteiger partial charge on any atom is 3.00 e. The maximum absolute atomic E-state index is 10.6. The molecule has 0 spiro atoms. The van der Waals surface area contributed by atoms with Crippen molar-refractivity contribution in [2.45, 2.75) is 0 Å². The van der Waals surface area contributed by atoms with Crippen LogP contribution >= 0.6 is 0 Å². The molecule has 0 aromatic heterocycles. The number of hydroxylamine groups is 6. The van der Waals surface area contributed by atoms with Gasteiger partial charge in [-0.1, -0.05) is 109 Å². The van der Waals surface area contributed by atoms with E-state index in [-0.39, 0.29) is 34.1 Å². The summed E-state index contributed by atoms with van der Waals surface area (Å²) in [7, 11) is 3.00. The van der Waals surface area contributed by atoms with Gasteiger partial charge in [0.2, 0.25) is 35.4 Å². The Morgan fingerprint density at radius 2 is 0.338 bits per heavy atom. The molecule has 2 radical (unpaired) electrons. The minimum absolute atomic E-state index is 0. The van der Waals surface area contributed by atoms with E-state index in [4.69, 9.17) is 15.3 Å². The molecule has 6 aromatic rings. The van der Waals surface area contributed by atoms with Gasteiger partial charge >= 0.3 is 34.1 Å². The Bertz CT molecular complexity index is 1740. The number of carbonyl (C=O) groups excluding carboxylic acids is 6. The molecule has 0 aliphatic heterocycles. The fraction of sp³-hybridized carbons (Fsp3) is 0.0667.